The van der Waals surface area contributed by atoms with Crippen LogP contribution in [-0.2, 0) is 19.3 Å². The van der Waals surface area contributed by atoms with Gasteiger partial charge in [-0.2, -0.15) is 4.89 Å². The fourth-order valence-corrected chi connectivity index (χ4v) is 2.91. The summed E-state index contributed by atoms with van der Waals surface area (Å²) in [5.41, 5.74) is 0. The summed E-state index contributed by atoms with van der Waals surface area (Å²) in [4.78, 5) is 19.4. The highest BCUT2D eigenvalue weighted by Crippen LogP contribution is 2.10. The smallest absolute Gasteiger partial charge is 0.339 e. The molecular weight excluding hydrogens is 356 g/mol. The predicted octanol–water partition coefficient (Wildman–Crippen LogP) is 5.90. The number of allylic oxidation sites excluding steroid dienone is 2. The van der Waals surface area contributed by atoms with E-state index >= 15 is 0 Å². The Kier molecular flexibility index (Phi) is 21.7. The first kappa shape index (κ1) is 27.1. The van der Waals surface area contributed by atoms with Crippen molar-refractivity contribution in [3.05, 3.63) is 12.2 Å². The number of ether oxygens (including phenoxy) is 1. The Hall–Kier alpha value is -0.910. The number of aliphatic hydroxyl groups excluding tert-OH is 1. The molecule has 0 aromatic heterocycles. The lowest BCUT2D eigenvalue weighted by Crippen LogP contribution is -2.22. The molecule has 0 radical (unpaired) electrons. The number of unbranched alkanes of at least 4 members (excludes halogenated alkanes) is 12. The summed E-state index contributed by atoms with van der Waals surface area (Å²) >= 11 is 0. The number of rotatable bonds is 21. The van der Waals surface area contributed by atoms with Crippen LogP contribution in [0.5, 0.6) is 0 Å². The molecule has 0 fully saturated rings. The Morgan fingerprint density at radius 2 is 1.36 bits per heavy atom. The Morgan fingerprint density at radius 1 is 0.821 bits per heavy atom. The van der Waals surface area contributed by atoms with Crippen molar-refractivity contribution in [3.63, 3.8) is 0 Å². The number of hydrogen-bond donors (Lipinski definition) is 1. The van der Waals surface area contributed by atoms with E-state index in [4.69, 9.17) is 4.74 Å². The molecule has 0 aliphatic rings. The molecule has 166 valence electrons. The molecule has 1 atom stereocenters. The molecule has 0 aliphatic carbocycles. The maximum Gasteiger partial charge on any atom is 0.339 e. The molecule has 5 nitrogen and oxygen atoms in total. The summed E-state index contributed by atoms with van der Waals surface area (Å²) in [6, 6.07) is 0. The summed E-state index contributed by atoms with van der Waals surface area (Å²) in [5.74, 6) is -0.530. The SMILES string of the molecule is CCCCCCCC/C=C\CCCCCCCCOCC(O)COOC(C)=O. The molecule has 0 amide bonds. The van der Waals surface area contributed by atoms with Gasteiger partial charge in [0.25, 0.3) is 0 Å². The van der Waals surface area contributed by atoms with Gasteiger partial charge in [-0.3, -0.25) is 4.89 Å². The minimum Gasteiger partial charge on any atom is -0.388 e. The van der Waals surface area contributed by atoms with Gasteiger partial charge < -0.3 is 9.84 Å². The second-order valence-corrected chi connectivity index (χ2v) is 7.53. The van der Waals surface area contributed by atoms with E-state index in [1.54, 1.807) is 0 Å². The van der Waals surface area contributed by atoms with Gasteiger partial charge >= 0.3 is 5.97 Å². The highest BCUT2D eigenvalue weighted by atomic mass is 17.2. The normalized spacial score (nSPS) is 12.5. The quantitative estimate of drug-likeness (QED) is 0.112. The van der Waals surface area contributed by atoms with Gasteiger partial charge in [0, 0.05) is 13.5 Å². The molecule has 1 unspecified atom stereocenters. The topological polar surface area (TPSA) is 65.0 Å². The fraction of sp³-hybridized carbons (Fsp3) is 0.870. The Bertz CT molecular complexity index is 357. The van der Waals surface area contributed by atoms with Crippen LogP contribution in [0.2, 0.25) is 0 Å². The van der Waals surface area contributed by atoms with E-state index in [1.165, 1.54) is 84.0 Å². The largest absolute Gasteiger partial charge is 0.388 e. The maximum absolute atomic E-state index is 10.5. The predicted molar refractivity (Wildman–Crippen MR) is 114 cm³/mol. The molecule has 28 heavy (non-hydrogen) atoms. The number of hydrogen-bond acceptors (Lipinski definition) is 5. The van der Waals surface area contributed by atoms with Crippen molar-refractivity contribution in [3.8, 4) is 0 Å². The first-order chi connectivity index (χ1) is 13.7. The third-order valence-corrected chi connectivity index (χ3v) is 4.55. The fourth-order valence-electron chi connectivity index (χ4n) is 2.91. The zero-order chi connectivity index (χ0) is 20.7. The average molecular weight is 401 g/mol. The summed E-state index contributed by atoms with van der Waals surface area (Å²) in [6.07, 6.45) is 21.9. The second-order valence-electron chi connectivity index (χ2n) is 7.53. The molecule has 0 spiro atoms. The van der Waals surface area contributed by atoms with Gasteiger partial charge in [-0.25, -0.2) is 4.79 Å². The maximum atomic E-state index is 10.5. The highest BCUT2D eigenvalue weighted by molar-refractivity contribution is 5.65. The van der Waals surface area contributed by atoms with Crippen molar-refractivity contribution < 1.29 is 24.4 Å². The lowest BCUT2D eigenvalue weighted by atomic mass is 10.1. The minimum atomic E-state index is -0.770. The first-order valence-electron chi connectivity index (χ1n) is 11.4. The van der Waals surface area contributed by atoms with Crippen molar-refractivity contribution in [2.75, 3.05) is 19.8 Å². The average Bonchev–Trinajstić information content (AvgIpc) is 2.66. The standard InChI is InChI=1S/C23H44O5/c1-3-4-5-6-7-8-9-10-11-12-13-14-15-16-17-18-19-26-20-23(25)21-27-28-22(2)24/h10-11,23,25H,3-9,12-21H2,1-2H3/b11-10-. The highest BCUT2D eigenvalue weighted by Gasteiger charge is 2.06. The van der Waals surface area contributed by atoms with Gasteiger partial charge in [-0.05, 0) is 32.1 Å². The van der Waals surface area contributed by atoms with Gasteiger partial charge in [-0.15, -0.1) is 0 Å². The van der Waals surface area contributed by atoms with Crippen LogP contribution < -0.4 is 0 Å². The van der Waals surface area contributed by atoms with Crippen LogP contribution in [0.4, 0.5) is 0 Å². The third-order valence-electron chi connectivity index (χ3n) is 4.55. The summed E-state index contributed by atoms with van der Waals surface area (Å²) in [6.45, 7) is 4.29. The monoisotopic (exact) mass is 400 g/mol. The van der Waals surface area contributed by atoms with E-state index in [-0.39, 0.29) is 13.2 Å². The number of carbonyl (C=O) groups excluding carboxylic acids is 1. The van der Waals surface area contributed by atoms with Crippen LogP contribution in [0, 0.1) is 0 Å². The van der Waals surface area contributed by atoms with Crippen molar-refractivity contribution >= 4 is 5.97 Å². The molecule has 0 aromatic carbocycles. The van der Waals surface area contributed by atoms with E-state index in [9.17, 15) is 9.90 Å². The van der Waals surface area contributed by atoms with Gasteiger partial charge in [0.1, 0.15) is 12.7 Å². The van der Waals surface area contributed by atoms with Gasteiger partial charge in [-0.1, -0.05) is 76.9 Å². The van der Waals surface area contributed by atoms with Crippen LogP contribution in [0.15, 0.2) is 12.2 Å². The summed E-state index contributed by atoms with van der Waals surface area (Å²) < 4.78 is 5.39. The zero-order valence-electron chi connectivity index (χ0n) is 18.3. The minimum absolute atomic E-state index is 0.0625. The van der Waals surface area contributed by atoms with E-state index in [0.29, 0.717) is 6.61 Å². The molecule has 0 aromatic rings. The molecule has 0 heterocycles. The van der Waals surface area contributed by atoms with Crippen LogP contribution in [0.25, 0.3) is 0 Å². The van der Waals surface area contributed by atoms with Crippen molar-refractivity contribution in [2.24, 2.45) is 0 Å². The van der Waals surface area contributed by atoms with Crippen LogP contribution >= 0.6 is 0 Å². The van der Waals surface area contributed by atoms with Gasteiger partial charge in [0.05, 0.1) is 6.61 Å². The van der Waals surface area contributed by atoms with Crippen molar-refractivity contribution in [1.82, 2.24) is 0 Å². The first-order valence-corrected chi connectivity index (χ1v) is 11.4. The van der Waals surface area contributed by atoms with E-state index in [2.05, 4.69) is 28.9 Å². The molecule has 0 rings (SSSR count). The van der Waals surface area contributed by atoms with Crippen LogP contribution in [0.3, 0.4) is 0 Å². The van der Waals surface area contributed by atoms with E-state index in [0.717, 1.165) is 12.8 Å². The third kappa shape index (κ3) is 23.1. The Morgan fingerprint density at radius 3 is 1.93 bits per heavy atom. The number of carbonyl (C=O) groups is 1. The molecule has 5 heteroatoms. The van der Waals surface area contributed by atoms with E-state index < -0.39 is 12.1 Å². The molecular formula is C23H44O5. The second kappa shape index (κ2) is 22.4. The van der Waals surface area contributed by atoms with Gasteiger partial charge in [0.15, 0.2) is 0 Å². The molecule has 0 saturated heterocycles. The molecule has 0 bridgehead atoms. The van der Waals surface area contributed by atoms with Gasteiger partial charge in [0.2, 0.25) is 0 Å². The van der Waals surface area contributed by atoms with E-state index in [1.807, 2.05) is 0 Å². The Labute approximate surface area is 172 Å². The molecule has 1 N–H and O–H groups in total. The summed E-state index contributed by atoms with van der Waals surface area (Å²) in [7, 11) is 0. The molecule has 0 saturated carbocycles. The van der Waals surface area contributed by atoms with Crippen LogP contribution in [-0.4, -0.2) is 37.0 Å². The van der Waals surface area contributed by atoms with Crippen molar-refractivity contribution in [1.29, 1.82) is 0 Å². The zero-order valence-corrected chi connectivity index (χ0v) is 18.3. The van der Waals surface area contributed by atoms with Crippen LogP contribution in [0.1, 0.15) is 104 Å². The Balaban J connectivity index is 3.17. The molecule has 0 aliphatic heterocycles. The van der Waals surface area contributed by atoms with Crippen molar-refractivity contribution in [2.45, 2.75) is 110 Å². The summed E-state index contributed by atoms with van der Waals surface area (Å²) in [5, 5.41) is 9.55. The number of aliphatic hydroxyl groups is 1. The lowest BCUT2D eigenvalue weighted by molar-refractivity contribution is -0.281. The lowest BCUT2D eigenvalue weighted by Gasteiger charge is -2.10.